The monoisotopic (exact) mass is 471 g/mol. The molecule has 0 fully saturated rings. The van der Waals surface area contributed by atoms with Crippen LogP contribution >= 0.6 is 0 Å². The first-order valence-electron chi connectivity index (χ1n) is 10.3. The fraction of sp³-hybridized carbons (Fsp3) is 0.217. The number of rotatable bonds is 6. The number of para-hydroxylation sites is 2. The van der Waals surface area contributed by atoms with Crippen molar-refractivity contribution in [3.8, 4) is 17.1 Å². The van der Waals surface area contributed by atoms with Crippen LogP contribution in [0, 0.1) is 6.92 Å². The lowest BCUT2D eigenvalue weighted by molar-refractivity contribution is -0.137. The zero-order chi connectivity index (χ0) is 24.5. The van der Waals surface area contributed by atoms with Crippen molar-refractivity contribution in [2.75, 3.05) is 11.9 Å². The Morgan fingerprint density at radius 1 is 1.12 bits per heavy atom. The summed E-state index contributed by atoms with van der Waals surface area (Å²) < 4.78 is 46.4. The van der Waals surface area contributed by atoms with Crippen LogP contribution in [0.3, 0.4) is 0 Å². The summed E-state index contributed by atoms with van der Waals surface area (Å²) in [6.07, 6.45) is -4.48. The fourth-order valence-corrected chi connectivity index (χ4v) is 3.44. The van der Waals surface area contributed by atoms with Crippen molar-refractivity contribution in [1.82, 2.24) is 19.2 Å². The number of benzene rings is 2. The third-order valence-electron chi connectivity index (χ3n) is 4.92. The minimum Gasteiger partial charge on any atom is -0.492 e. The quantitative estimate of drug-likeness (QED) is 0.460. The number of aromatic nitrogens is 4. The largest absolute Gasteiger partial charge is 0.492 e. The normalized spacial score (nSPS) is 11.6. The molecule has 0 aliphatic heterocycles. The minimum atomic E-state index is -4.48. The maximum Gasteiger partial charge on any atom is 0.416 e. The molecule has 4 aromatic rings. The van der Waals surface area contributed by atoms with Gasteiger partial charge in [0.05, 0.1) is 17.9 Å². The number of ether oxygens (including phenoxy) is 1. The van der Waals surface area contributed by atoms with Gasteiger partial charge in [-0.1, -0.05) is 24.3 Å². The number of halogens is 3. The molecule has 0 aliphatic rings. The zero-order valence-electron chi connectivity index (χ0n) is 18.3. The molecule has 8 nitrogen and oxygen atoms in total. The zero-order valence-corrected chi connectivity index (χ0v) is 18.3. The van der Waals surface area contributed by atoms with Gasteiger partial charge in [0.1, 0.15) is 18.1 Å². The van der Waals surface area contributed by atoms with Gasteiger partial charge in [0.2, 0.25) is 5.91 Å². The molecule has 0 saturated heterocycles. The van der Waals surface area contributed by atoms with Crippen LogP contribution in [0.25, 0.3) is 17.0 Å². The first-order chi connectivity index (χ1) is 16.2. The second kappa shape index (κ2) is 9.00. The SMILES string of the molecule is CCOc1ccccc1NC(=O)Cn1nc2cc(C)nc(-c3ccc(C(F)(F)F)cc3)n2c1=O. The van der Waals surface area contributed by atoms with Crippen molar-refractivity contribution in [2.24, 2.45) is 0 Å². The van der Waals surface area contributed by atoms with E-state index in [1.807, 2.05) is 6.92 Å². The number of carbonyl (C=O) groups is 1. The van der Waals surface area contributed by atoms with Gasteiger partial charge in [-0.05, 0) is 38.1 Å². The van der Waals surface area contributed by atoms with Crippen molar-refractivity contribution in [1.29, 1.82) is 0 Å². The van der Waals surface area contributed by atoms with E-state index >= 15 is 0 Å². The topological polar surface area (TPSA) is 90.5 Å². The molecule has 2 aromatic carbocycles. The van der Waals surface area contributed by atoms with E-state index in [0.717, 1.165) is 21.2 Å². The molecule has 0 aliphatic carbocycles. The molecular weight excluding hydrogens is 451 g/mol. The molecule has 11 heteroatoms. The lowest BCUT2D eigenvalue weighted by Gasteiger charge is -2.10. The van der Waals surface area contributed by atoms with Crippen molar-refractivity contribution < 1.29 is 22.7 Å². The predicted molar refractivity (Wildman–Crippen MR) is 119 cm³/mol. The molecule has 2 aromatic heterocycles. The van der Waals surface area contributed by atoms with Gasteiger partial charge in [-0.25, -0.2) is 18.9 Å². The van der Waals surface area contributed by atoms with Gasteiger partial charge < -0.3 is 10.1 Å². The van der Waals surface area contributed by atoms with E-state index in [4.69, 9.17) is 4.74 Å². The maximum atomic E-state index is 13.1. The van der Waals surface area contributed by atoms with Crippen molar-refractivity contribution in [3.05, 3.63) is 76.3 Å². The summed E-state index contributed by atoms with van der Waals surface area (Å²) in [6.45, 7) is 3.53. The summed E-state index contributed by atoms with van der Waals surface area (Å²) in [7, 11) is 0. The van der Waals surface area contributed by atoms with E-state index in [9.17, 15) is 22.8 Å². The summed E-state index contributed by atoms with van der Waals surface area (Å²) in [6, 6.07) is 12.8. The molecule has 4 rings (SSSR count). The van der Waals surface area contributed by atoms with Gasteiger partial charge in [-0.3, -0.25) is 4.79 Å². The van der Waals surface area contributed by atoms with Crippen molar-refractivity contribution in [3.63, 3.8) is 0 Å². The van der Waals surface area contributed by atoms with Crippen molar-refractivity contribution >= 4 is 17.2 Å². The third-order valence-corrected chi connectivity index (χ3v) is 4.92. The van der Waals surface area contributed by atoms with Gasteiger partial charge in [-0.2, -0.15) is 13.2 Å². The first-order valence-corrected chi connectivity index (χ1v) is 10.3. The number of nitrogens with zero attached hydrogens (tertiary/aromatic N) is 4. The van der Waals surface area contributed by atoms with Crippen LogP contribution < -0.4 is 15.7 Å². The number of amides is 1. The number of hydrogen-bond acceptors (Lipinski definition) is 5. The van der Waals surface area contributed by atoms with E-state index in [-0.39, 0.29) is 18.0 Å². The van der Waals surface area contributed by atoms with Gasteiger partial charge in [0, 0.05) is 17.3 Å². The molecule has 176 valence electrons. The highest BCUT2D eigenvalue weighted by molar-refractivity contribution is 5.92. The van der Waals surface area contributed by atoms with Gasteiger partial charge in [-0.15, -0.1) is 5.10 Å². The average molecular weight is 471 g/mol. The smallest absolute Gasteiger partial charge is 0.416 e. The number of nitrogens with one attached hydrogen (secondary N) is 1. The van der Waals surface area contributed by atoms with Crippen LogP contribution in [0.1, 0.15) is 18.2 Å². The maximum absolute atomic E-state index is 13.1. The van der Waals surface area contributed by atoms with E-state index in [2.05, 4.69) is 15.4 Å². The average Bonchev–Trinajstić information content (AvgIpc) is 3.09. The Labute approximate surface area is 191 Å². The molecule has 2 heterocycles. The molecule has 34 heavy (non-hydrogen) atoms. The van der Waals surface area contributed by atoms with Crippen LogP contribution in [0.4, 0.5) is 18.9 Å². The number of aryl methyl sites for hydroxylation is 1. The minimum absolute atomic E-state index is 0.127. The summed E-state index contributed by atoms with van der Waals surface area (Å²) in [5, 5.41) is 6.91. The Morgan fingerprint density at radius 2 is 1.82 bits per heavy atom. The second-order valence-corrected chi connectivity index (χ2v) is 7.41. The summed E-state index contributed by atoms with van der Waals surface area (Å²) >= 11 is 0. The highest BCUT2D eigenvalue weighted by atomic mass is 19.4. The lowest BCUT2D eigenvalue weighted by Crippen LogP contribution is -2.29. The molecule has 0 bridgehead atoms. The molecule has 1 N–H and O–H groups in total. The standard InChI is InChI=1S/C23H20F3N5O3/c1-3-34-18-7-5-4-6-17(18)28-20(32)13-30-22(33)31-19(29-30)12-14(2)27-21(31)15-8-10-16(11-9-15)23(24,25)26/h4-12H,3,13H2,1-2H3,(H,28,32). The molecule has 0 radical (unpaired) electrons. The molecule has 0 spiro atoms. The third kappa shape index (κ3) is 4.63. The fourth-order valence-electron chi connectivity index (χ4n) is 3.44. The Kier molecular flexibility index (Phi) is 6.10. The molecule has 1 amide bonds. The van der Waals surface area contributed by atoms with Crippen LogP contribution in [0.2, 0.25) is 0 Å². The van der Waals surface area contributed by atoms with E-state index < -0.39 is 23.3 Å². The molecule has 0 saturated carbocycles. The predicted octanol–water partition coefficient (Wildman–Crippen LogP) is 3.92. The molecule has 0 unspecified atom stereocenters. The Hall–Kier alpha value is -4.15. The van der Waals surface area contributed by atoms with Crippen molar-refractivity contribution in [2.45, 2.75) is 26.6 Å². The van der Waals surface area contributed by atoms with E-state index in [1.165, 1.54) is 12.1 Å². The van der Waals surface area contributed by atoms with Crippen LogP contribution in [-0.4, -0.2) is 31.7 Å². The van der Waals surface area contributed by atoms with Crippen LogP contribution in [0.15, 0.2) is 59.4 Å². The summed E-state index contributed by atoms with van der Waals surface area (Å²) in [4.78, 5) is 30.0. The first kappa shape index (κ1) is 23.0. The lowest BCUT2D eigenvalue weighted by atomic mass is 10.1. The number of alkyl halides is 3. The second-order valence-electron chi connectivity index (χ2n) is 7.41. The number of carbonyl (C=O) groups excluding carboxylic acids is 1. The Morgan fingerprint density at radius 3 is 2.50 bits per heavy atom. The van der Waals surface area contributed by atoms with E-state index in [1.54, 1.807) is 37.3 Å². The Balaban J connectivity index is 1.67. The van der Waals surface area contributed by atoms with Crippen LogP contribution in [-0.2, 0) is 17.5 Å². The highest BCUT2D eigenvalue weighted by Gasteiger charge is 2.30. The van der Waals surface area contributed by atoms with Crippen LogP contribution in [0.5, 0.6) is 5.75 Å². The van der Waals surface area contributed by atoms with Gasteiger partial charge in [0.25, 0.3) is 0 Å². The van der Waals surface area contributed by atoms with Gasteiger partial charge in [0.15, 0.2) is 5.65 Å². The number of fused-ring (bicyclic) bond motifs is 1. The van der Waals surface area contributed by atoms with Gasteiger partial charge >= 0.3 is 11.9 Å². The summed E-state index contributed by atoms with van der Waals surface area (Å²) in [5.74, 6) is 0.116. The molecule has 0 atom stereocenters. The van der Waals surface area contributed by atoms with E-state index in [0.29, 0.717) is 29.3 Å². The highest BCUT2D eigenvalue weighted by Crippen LogP contribution is 2.30. The Bertz CT molecular complexity index is 1410. The number of hydrogen-bond donors (Lipinski definition) is 1. The molecular formula is C23H20F3N5O3. The number of anilines is 1. The summed E-state index contributed by atoms with van der Waals surface area (Å²) in [5.41, 5.74) is 0.0231.